The zero-order valence-corrected chi connectivity index (χ0v) is 8.43. The number of aromatic amines is 1. The van der Waals surface area contributed by atoms with E-state index in [0.717, 1.165) is 11.2 Å². The van der Waals surface area contributed by atoms with E-state index in [-0.39, 0.29) is 5.82 Å². The Morgan fingerprint density at radius 2 is 2.12 bits per heavy atom. The molecule has 16 heavy (non-hydrogen) atoms. The summed E-state index contributed by atoms with van der Waals surface area (Å²) in [5, 5.41) is 7.16. The lowest BCUT2D eigenvalue weighted by atomic mass is 10.3. The number of nitrogens with two attached hydrogens (primary N) is 1. The van der Waals surface area contributed by atoms with Crippen LogP contribution >= 0.6 is 0 Å². The number of hydrogen-bond acceptors (Lipinski definition) is 6. The summed E-state index contributed by atoms with van der Waals surface area (Å²) in [5.74, 6) is 0.711. The summed E-state index contributed by atoms with van der Waals surface area (Å²) >= 11 is 0. The van der Waals surface area contributed by atoms with Crippen LogP contribution in [0.4, 0.5) is 5.82 Å². The van der Waals surface area contributed by atoms with Gasteiger partial charge in [0.15, 0.2) is 23.0 Å². The molecule has 0 aliphatic carbocycles. The topological polar surface area (TPSA) is 107 Å². The molecule has 80 valence electrons. The molecule has 0 saturated carbocycles. The van der Waals surface area contributed by atoms with Gasteiger partial charge in [0.2, 0.25) is 0 Å². The largest absolute Gasteiger partial charge is 0.379 e. The number of nitrogen functional groups attached to an aromatic ring is 1. The highest BCUT2D eigenvalue weighted by molar-refractivity contribution is 5.77. The zero-order chi connectivity index (χ0) is 11.1. The highest BCUT2D eigenvalue weighted by Crippen LogP contribution is 2.21. The van der Waals surface area contributed by atoms with E-state index in [0.29, 0.717) is 17.2 Å². The summed E-state index contributed by atoms with van der Waals surface area (Å²) in [6.07, 6.45) is 0. The van der Waals surface area contributed by atoms with Gasteiger partial charge in [0, 0.05) is 5.69 Å². The molecule has 0 radical (unpaired) electrons. The number of H-pyrrole nitrogens is 1. The molecule has 0 bridgehead atoms. The fraction of sp³-hybridized carbons (Fsp3) is 0.111. The number of rotatable bonds is 1. The second kappa shape index (κ2) is 3.02. The van der Waals surface area contributed by atoms with Crippen LogP contribution < -0.4 is 5.73 Å². The molecule has 3 N–H and O–H groups in total. The van der Waals surface area contributed by atoms with Crippen LogP contribution in [0.1, 0.15) is 5.69 Å². The quantitative estimate of drug-likeness (QED) is 0.625. The van der Waals surface area contributed by atoms with Gasteiger partial charge in [-0.3, -0.25) is 0 Å². The maximum Gasteiger partial charge on any atom is 0.199 e. The second-order valence-corrected chi connectivity index (χ2v) is 3.41. The van der Waals surface area contributed by atoms with Crippen LogP contribution in [0.5, 0.6) is 0 Å². The van der Waals surface area contributed by atoms with Gasteiger partial charge in [0.1, 0.15) is 0 Å². The zero-order valence-electron chi connectivity index (χ0n) is 8.43. The second-order valence-electron chi connectivity index (χ2n) is 3.41. The molecule has 0 aliphatic heterocycles. The van der Waals surface area contributed by atoms with Crippen molar-refractivity contribution in [2.45, 2.75) is 6.92 Å². The third kappa shape index (κ3) is 1.22. The van der Waals surface area contributed by atoms with Gasteiger partial charge in [-0.05, 0) is 29.4 Å². The van der Waals surface area contributed by atoms with Crippen LogP contribution in [0.2, 0.25) is 0 Å². The van der Waals surface area contributed by atoms with Gasteiger partial charge in [-0.1, -0.05) is 0 Å². The van der Waals surface area contributed by atoms with Gasteiger partial charge in [-0.25, -0.2) is 14.6 Å². The number of hydrogen-bond donors (Lipinski definition) is 2. The number of aromatic nitrogens is 5. The van der Waals surface area contributed by atoms with Crippen LogP contribution in [-0.2, 0) is 0 Å². The van der Waals surface area contributed by atoms with Crippen molar-refractivity contribution in [3.05, 3.63) is 17.8 Å². The Bertz CT molecular complexity index is 655. The van der Waals surface area contributed by atoms with E-state index >= 15 is 0 Å². The summed E-state index contributed by atoms with van der Waals surface area (Å²) in [7, 11) is 0. The lowest BCUT2D eigenvalue weighted by molar-refractivity contribution is 0.310. The molecular weight excluding hydrogens is 208 g/mol. The molecule has 0 fully saturated rings. The fourth-order valence-corrected chi connectivity index (χ4v) is 1.46. The van der Waals surface area contributed by atoms with Crippen molar-refractivity contribution in [2.24, 2.45) is 0 Å². The number of imidazole rings is 1. The molecule has 0 saturated heterocycles. The molecule has 0 amide bonds. The van der Waals surface area contributed by atoms with Crippen molar-refractivity contribution in [1.29, 1.82) is 0 Å². The van der Waals surface area contributed by atoms with Crippen LogP contribution in [0.3, 0.4) is 0 Å². The third-order valence-electron chi connectivity index (χ3n) is 2.22. The summed E-state index contributed by atoms with van der Waals surface area (Å²) in [5.41, 5.74) is 8.32. The molecular formula is C9H8N6O. The Hall–Kier alpha value is -2.44. The Balaban J connectivity index is 2.23. The summed E-state index contributed by atoms with van der Waals surface area (Å²) in [4.78, 5) is 11.6. The van der Waals surface area contributed by atoms with Gasteiger partial charge < -0.3 is 10.7 Å². The minimum absolute atomic E-state index is 0.204. The monoisotopic (exact) mass is 216 g/mol. The molecule has 0 aromatic carbocycles. The molecule has 7 heteroatoms. The number of fused-ring (bicyclic) bond motifs is 1. The van der Waals surface area contributed by atoms with E-state index in [1.54, 1.807) is 0 Å². The first kappa shape index (κ1) is 8.84. The van der Waals surface area contributed by atoms with Crippen molar-refractivity contribution in [2.75, 3.05) is 5.73 Å². The van der Waals surface area contributed by atoms with E-state index in [1.807, 2.05) is 19.1 Å². The highest BCUT2D eigenvalue weighted by Gasteiger charge is 2.14. The SMILES string of the molecule is Cc1ccc2[nH]c(-c3nonc3N)nc2n1. The molecule has 3 heterocycles. The Morgan fingerprint density at radius 1 is 1.25 bits per heavy atom. The van der Waals surface area contributed by atoms with Gasteiger partial charge in [-0.15, -0.1) is 0 Å². The van der Waals surface area contributed by atoms with E-state index in [2.05, 4.69) is 29.9 Å². The number of anilines is 1. The first-order chi connectivity index (χ1) is 7.74. The minimum atomic E-state index is 0.204. The standard InChI is InChI=1S/C9H8N6O/c1-4-2-3-5-8(11-4)13-9(12-5)6-7(10)15-16-14-6/h2-3H,1H3,(H2,10,15)(H,11,12,13). The van der Waals surface area contributed by atoms with Crippen LogP contribution in [0.25, 0.3) is 22.7 Å². The molecule has 0 atom stereocenters. The first-order valence-electron chi connectivity index (χ1n) is 4.66. The summed E-state index contributed by atoms with van der Waals surface area (Å²) in [6, 6.07) is 3.80. The van der Waals surface area contributed by atoms with Gasteiger partial charge >= 0.3 is 0 Å². The van der Waals surface area contributed by atoms with Crippen molar-refractivity contribution in [3.8, 4) is 11.5 Å². The van der Waals surface area contributed by atoms with Gasteiger partial charge in [-0.2, -0.15) is 0 Å². The molecule has 7 nitrogen and oxygen atoms in total. The number of nitrogens with one attached hydrogen (secondary N) is 1. The van der Waals surface area contributed by atoms with E-state index in [4.69, 9.17) is 5.73 Å². The smallest absolute Gasteiger partial charge is 0.199 e. The van der Waals surface area contributed by atoms with Crippen molar-refractivity contribution >= 4 is 17.0 Å². The number of aryl methyl sites for hydroxylation is 1. The fourth-order valence-electron chi connectivity index (χ4n) is 1.46. The van der Waals surface area contributed by atoms with Crippen molar-refractivity contribution in [1.82, 2.24) is 25.3 Å². The van der Waals surface area contributed by atoms with Crippen molar-refractivity contribution in [3.63, 3.8) is 0 Å². The molecule has 3 rings (SSSR count). The van der Waals surface area contributed by atoms with Crippen LogP contribution in [-0.4, -0.2) is 25.3 Å². The lowest BCUT2D eigenvalue weighted by Gasteiger charge is -1.88. The van der Waals surface area contributed by atoms with Gasteiger partial charge in [0.05, 0.1) is 5.52 Å². The first-order valence-corrected chi connectivity index (χ1v) is 4.66. The molecule has 0 unspecified atom stereocenters. The molecule has 0 aliphatic rings. The predicted octanol–water partition coefficient (Wildman–Crippen LogP) is 0.899. The maximum absolute atomic E-state index is 5.58. The van der Waals surface area contributed by atoms with Crippen LogP contribution in [0, 0.1) is 6.92 Å². The summed E-state index contributed by atoms with van der Waals surface area (Å²) in [6.45, 7) is 1.90. The molecule has 3 aromatic rings. The molecule has 0 spiro atoms. The average molecular weight is 216 g/mol. The summed E-state index contributed by atoms with van der Waals surface area (Å²) < 4.78 is 4.51. The Labute approximate surface area is 89.7 Å². The lowest BCUT2D eigenvalue weighted by Crippen LogP contribution is -1.89. The van der Waals surface area contributed by atoms with E-state index in [1.165, 1.54) is 0 Å². The average Bonchev–Trinajstić information content (AvgIpc) is 2.82. The number of nitrogens with zero attached hydrogens (tertiary/aromatic N) is 4. The maximum atomic E-state index is 5.58. The number of pyridine rings is 1. The van der Waals surface area contributed by atoms with Crippen LogP contribution in [0.15, 0.2) is 16.8 Å². The minimum Gasteiger partial charge on any atom is -0.379 e. The van der Waals surface area contributed by atoms with E-state index < -0.39 is 0 Å². The Kier molecular flexibility index (Phi) is 1.67. The third-order valence-corrected chi connectivity index (χ3v) is 2.22. The normalized spacial score (nSPS) is 11.1. The van der Waals surface area contributed by atoms with Crippen molar-refractivity contribution < 1.29 is 4.63 Å². The van der Waals surface area contributed by atoms with E-state index in [9.17, 15) is 0 Å². The highest BCUT2D eigenvalue weighted by atomic mass is 16.6. The van der Waals surface area contributed by atoms with Gasteiger partial charge in [0.25, 0.3) is 0 Å². The Morgan fingerprint density at radius 3 is 2.88 bits per heavy atom. The molecule has 3 aromatic heterocycles. The predicted molar refractivity (Wildman–Crippen MR) is 56.3 cm³/mol.